The number of allylic oxidation sites excluding steroid dienone is 1. The summed E-state index contributed by atoms with van der Waals surface area (Å²) in [5.41, 5.74) is 2.38. The van der Waals surface area contributed by atoms with Gasteiger partial charge < -0.3 is 10.2 Å². The van der Waals surface area contributed by atoms with E-state index in [-0.39, 0.29) is 6.10 Å². The second kappa shape index (κ2) is 5.84. The van der Waals surface area contributed by atoms with Crippen molar-refractivity contribution in [3.05, 3.63) is 11.6 Å². The number of rotatable bonds is 2. The summed E-state index contributed by atoms with van der Waals surface area (Å²) >= 11 is 0. The van der Waals surface area contributed by atoms with Gasteiger partial charge in [0.15, 0.2) is 0 Å². The van der Waals surface area contributed by atoms with Crippen LogP contribution in [0.4, 0.5) is 0 Å². The van der Waals surface area contributed by atoms with Crippen LogP contribution < -0.4 is 0 Å². The first-order valence-electron chi connectivity index (χ1n) is 10.4. The van der Waals surface area contributed by atoms with Crippen LogP contribution in [0.15, 0.2) is 11.6 Å². The van der Waals surface area contributed by atoms with Crippen LogP contribution in [0.2, 0.25) is 0 Å². The molecule has 0 aromatic rings. The van der Waals surface area contributed by atoms with Crippen molar-refractivity contribution in [2.75, 3.05) is 6.61 Å². The van der Waals surface area contributed by atoms with Crippen LogP contribution in [0.25, 0.3) is 0 Å². The molecule has 0 spiro atoms. The lowest BCUT2D eigenvalue weighted by molar-refractivity contribution is -0.0651. The normalized spacial score (nSPS) is 52.0. The van der Waals surface area contributed by atoms with Crippen LogP contribution in [0.3, 0.4) is 0 Å². The lowest BCUT2D eigenvalue weighted by Crippen LogP contribution is -2.51. The molecule has 0 aromatic heterocycles. The molecule has 4 aliphatic carbocycles. The topological polar surface area (TPSA) is 40.5 Å². The fourth-order valence-corrected chi connectivity index (χ4v) is 7.81. The summed E-state index contributed by atoms with van der Waals surface area (Å²) in [6, 6.07) is 0. The minimum atomic E-state index is -0.195. The molecule has 8 atom stereocenters. The summed E-state index contributed by atoms with van der Waals surface area (Å²) in [6.07, 6.45) is 12.1. The third kappa shape index (κ3) is 2.28. The van der Waals surface area contributed by atoms with Crippen molar-refractivity contribution in [3.8, 4) is 0 Å². The van der Waals surface area contributed by atoms with Crippen LogP contribution in [0, 0.1) is 40.4 Å². The Morgan fingerprint density at radius 3 is 2.62 bits per heavy atom. The summed E-state index contributed by atoms with van der Waals surface area (Å²) in [4.78, 5) is 0. The van der Waals surface area contributed by atoms with E-state index in [2.05, 4.69) is 26.8 Å². The highest BCUT2D eigenvalue weighted by Gasteiger charge is 2.59. The molecule has 3 saturated carbocycles. The molecular formula is C22H36O2. The van der Waals surface area contributed by atoms with Gasteiger partial charge in [0.2, 0.25) is 0 Å². The lowest BCUT2D eigenvalue weighted by atomic mass is 9.46. The Kier molecular flexibility index (Phi) is 4.16. The van der Waals surface area contributed by atoms with Crippen molar-refractivity contribution in [2.24, 2.45) is 40.4 Å². The average molecular weight is 333 g/mol. The summed E-state index contributed by atoms with van der Waals surface area (Å²) in [7, 11) is 0. The fraction of sp³-hybridized carbons (Fsp3) is 0.909. The van der Waals surface area contributed by atoms with Crippen LogP contribution in [0.1, 0.15) is 72.1 Å². The predicted octanol–water partition coefficient (Wildman–Crippen LogP) is 4.55. The number of aliphatic hydroxyl groups is 2. The summed E-state index contributed by atoms with van der Waals surface area (Å²) in [5.74, 6) is 3.73. The van der Waals surface area contributed by atoms with Gasteiger partial charge in [-0.25, -0.2) is 0 Å². The monoisotopic (exact) mass is 332 g/mol. The molecule has 4 rings (SSSR count). The van der Waals surface area contributed by atoms with E-state index >= 15 is 0 Å². The predicted molar refractivity (Wildman–Crippen MR) is 97.4 cm³/mol. The van der Waals surface area contributed by atoms with Gasteiger partial charge in [0.25, 0.3) is 0 Å². The highest BCUT2D eigenvalue weighted by molar-refractivity contribution is 5.25. The molecule has 0 saturated heterocycles. The van der Waals surface area contributed by atoms with E-state index in [0.29, 0.717) is 29.3 Å². The Morgan fingerprint density at radius 2 is 1.88 bits per heavy atom. The Labute approximate surface area is 147 Å². The molecule has 0 unspecified atom stereocenters. The minimum absolute atomic E-state index is 0.195. The van der Waals surface area contributed by atoms with Crippen LogP contribution in [0.5, 0.6) is 0 Å². The first-order chi connectivity index (χ1) is 11.4. The number of hydrogen-bond acceptors (Lipinski definition) is 2. The van der Waals surface area contributed by atoms with Gasteiger partial charge in [-0.3, -0.25) is 0 Å². The van der Waals surface area contributed by atoms with Gasteiger partial charge in [0.05, 0.1) is 6.10 Å². The summed E-state index contributed by atoms with van der Waals surface area (Å²) in [5, 5.41) is 19.8. The molecule has 2 nitrogen and oxygen atoms in total. The molecule has 136 valence electrons. The van der Waals surface area contributed by atoms with Crippen LogP contribution >= 0.6 is 0 Å². The number of hydrogen-bond donors (Lipinski definition) is 2. The van der Waals surface area contributed by atoms with Gasteiger partial charge >= 0.3 is 0 Å². The van der Waals surface area contributed by atoms with Crippen molar-refractivity contribution in [1.29, 1.82) is 0 Å². The largest absolute Gasteiger partial charge is 0.396 e. The van der Waals surface area contributed by atoms with E-state index in [1.54, 1.807) is 5.57 Å². The molecule has 24 heavy (non-hydrogen) atoms. The second-order valence-corrected chi connectivity index (χ2v) is 10.0. The third-order valence-electron chi connectivity index (χ3n) is 9.14. The van der Waals surface area contributed by atoms with E-state index in [9.17, 15) is 10.2 Å². The second-order valence-electron chi connectivity index (χ2n) is 10.0. The highest BCUT2D eigenvalue weighted by atomic mass is 16.3. The first-order valence-corrected chi connectivity index (χ1v) is 10.4. The molecule has 3 fully saturated rings. The maximum Gasteiger partial charge on any atom is 0.0724 e. The Morgan fingerprint density at radius 1 is 1.08 bits per heavy atom. The molecule has 0 amide bonds. The van der Waals surface area contributed by atoms with Gasteiger partial charge in [-0.15, -0.1) is 0 Å². The van der Waals surface area contributed by atoms with Crippen LogP contribution in [-0.4, -0.2) is 22.9 Å². The van der Waals surface area contributed by atoms with Gasteiger partial charge in [-0.05, 0) is 91.8 Å². The van der Waals surface area contributed by atoms with Crippen molar-refractivity contribution in [3.63, 3.8) is 0 Å². The molecule has 0 aromatic carbocycles. The third-order valence-corrected chi connectivity index (χ3v) is 9.14. The Hall–Kier alpha value is -0.340. The zero-order chi connectivity index (χ0) is 17.1. The van der Waals surface area contributed by atoms with Crippen molar-refractivity contribution < 1.29 is 10.2 Å². The maximum atomic E-state index is 10.1. The van der Waals surface area contributed by atoms with Gasteiger partial charge in [-0.2, -0.15) is 0 Å². The van der Waals surface area contributed by atoms with Gasteiger partial charge in [0, 0.05) is 6.61 Å². The number of fused-ring (bicyclic) bond motifs is 5. The van der Waals surface area contributed by atoms with E-state index in [0.717, 1.165) is 24.2 Å². The van der Waals surface area contributed by atoms with Crippen molar-refractivity contribution >= 4 is 0 Å². The highest BCUT2D eigenvalue weighted by Crippen LogP contribution is 2.67. The molecule has 2 heteroatoms. The smallest absolute Gasteiger partial charge is 0.0724 e. The molecule has 0 heterocycles. The standard InChI is InChI=1S/C22H36O2/c1-14(13-23)18-6-7-19-17-5-4-15-12-16(24)8-10-21(15,2)20(17)9-11-22(18,19)3/h12,14,16-20,23-24H,4-11,13H2,1-3H3/t14-,16+,17+,18-,19+,20+,21+,22-/m1/s1. The Balaban J connectivity index is 1.62. The lowest BCUT2D eigenvalue weighted by Gasteiger charge is -2.59. The molecule has 2 N–H and O–H groups in total. The zero-order valence-electron chi connectivity index (χ0n) is 15.8. The van der Waals surface area contributed by atoms with E-state index in [4.69, 9.17) is 0 Å². The molecule has 0 radical (unpaired) electrons. The van der Waals surface area contributed by atoms with E-state index < -0.39 is 0 Å². The number of aliphatic hydroxyl groups excluding tert-OH is 2. The fourth-order valence-electron chi connectivity index (χ4n) is 7.81. The minimum Gasteiger partial charge on any atom is -0.396 e. The average Bonchev–Trinajstić information content (AvgIpc) is 2.92. The van der Waals surface area contributed by atoms with Gasteiger partial charge in [0.1, 0.15) is 0 Å². The zero-order valence-corrected chi connectivity index (χ0v) is 15.8. The molecular weight excluding hydrogens is 296 g/mol. The van der Waals surface area contributed by atoms with Crippen molar-refractivity contribution in [2.45, 2.75) is 78.2 Å². The van der Waals surface area contributed by atoms with Crippen molar-refractivity contribution in [1.82, 2.24) is 0 Å². The quantitative estimate of drug-likeness (QED) is 0.728. The van der Waals surface area contributed by atoms with E-state index in [1.165, 1.54) is 44.9 Å². The summed E-state index contributed by atoms with van der Waals surface area (Å²) < 4.78 is 0. The van der Waals surface area contributed by atoms with E-state index in [1.807, 2.05) is 0 Å². The SMILES string of the molecule is C[C@H](CO)[C@H]1CC[C@H]2[C@@H]3CCC4=C[C@@H](O)CC[C@]4(C)[C@H]3CC[C@]12C. The Bertz CT molecular complexity index is 526. The maximum absolute atomic E-state index is 10.1. The molecule has 4 aliphatic rings. The molecule has 0 bridgehead atoms. The molecule has 0 aliphatic heterocycles. The van der Waals surface area contributed by atoms with Gasteiger partial charge in [-0.1, -0.05) is 32.4 Å². The first kappa shape index (κ1) is 17.1. The van der Waals surface area contributed by atoms with Crippen LogP contribution in [-0.2, 0) is 0 Å². The summed E-state index contributed by atoms with van der Waals surface area (Å²) in [6.45, 7) is 7.67.